The van der Waals surface area contributed by atoms with Crippen LogP contribution in [-0.4, -0.2) is 6.10 Å². The Balaban J connectivity index is 2.24. The predicted octanol–water partition coefficient (Wildman–Crippen LogP) is 5.19. The van der Waals surface area contributed by atoms with Gasteiger partial charge in [-0.2, -0.15) is 5.26 Å². The van der Waals surface area contributed by atoms with Gasteiger partial charge >= 0.3 is 0 Å². The molecule has 106 valence electrons. The maximum Gasteiger partial charge on any atom is 0.119 e. The smallest absolute Gasteiger partial charge is 0.119 e. The SMILES string of the molecule is CC(C)Oc1ccc(/C=C(\C#N)c2ccc(Cl)cc2)cc1. The maximum absolute atomic E-state index is 9.31. The molecule has 0 atom stereocenters. The van der Waals surface area contributed by atoms with Crippen LogP contribution in [-0.2, 0) is 0 Å². The first-order valence-corrected chi connectivity index (χ1v) is 7.11. The van der Waals surface area contributed by atoms with E-state index in [0.717, 1.165) is 16.9 Å². The Hall–Kier alpha value is -2.24. The van der Waals surface area contributed by atoms with Gasteiger partial charge in [-0.1, -0.05) is 35.9 Å². The second-order valence-corrected chi connectivity index (χ2v) is 5.35. The first kappa shape index (κ1) is 15.2. The second kappa shape index (κ2) is 6.97. The third kappa shape index (κ3) is 4.37. The summed E-state index contributed by atoms with van der Waals surface area (Å²) in [6, 6.07) is 17.1. The Bertz CT molecular complexity index is 664. The lowest BCUT2D eigenvalue weighted by Gasteiger charge is -2.09. The fourth-order valence-electron chi connectivity index (χ4n) is 1.89. The quantitative estimate of drug-likeness (QED) is 0.574. The van der Waals surface area contributed by atoms with E-state index in [1.165, 1.54) is 0 Å². The zero-order chi connectivity index (χ0) is 15.2. The summed E-state index contributed by atoms with van der Waals surface area (Å²) in [6.45, 7) is 3.98. The Morgan fingerprint density at radius 2 is 1.71 bits per heavy atom. The van der Waals surface area contributed by atoms with Crippen LogP contribution >= 0.6 is 11.6 Å². The molecule has 0 spiro atoms. The van der Waals surface area contributed by atoms with Gasteiger partial charge in [-0.15, -0.1) is 0 Å². The number of halogens is 1. The number of hydrogen-bond acceptors (Lipinski definition) is 2. The van der Waals surface area contributed by atoms with Crippen molar-refractivity contribution < 1.29 is 4.74 Å². The predicted molar refractivity (Wildman–Crippen MR) is 87.1 cm³/mol. The summed E-state index contributed by atoms with van der Waals surface area (Å²) < 4.78 is 5.60. The van der Waals surface area contributed by atoms with Crippen molar-refractivity contribution >= 4 is 23.3 Å². The lowest BCUT2D eigenvalue weighted by molar-refractivity contribution is 0.242. The molecule has 2 nitrogen and oxygen atoms in total. The fourth-order valence-corrected chi connectivity index (χ4v) is 2.02. The standard InChI is InChI=1S/C18H16ClNO/c1-13(2)21-18-9-3-14(4-10-18)11-16(12-20)15-5-7-17(19)8-6-15/h3-11,13H,1-2H3/b16-11+. The van der Waals surface area contributed by atoms with E-state index in [2.05, 4.69) is 6.07 Å². The normalized spacial score (nSPS) is 11.3. The molecule has 0 N–H and O–H groups in total. The van der Waals surface area contributed by atoms with Crippen LogP contribution in [0.5, 0.6) is 5.75 Å². The molecule has 0 unspecified atom stereocenters. The van der Waals surface area contributed by atoms with Gasteiger partial charge in [0, 0.05) is 5.02 Å². The van der Waals surface area contributed by atoms with Gasteiger partial charge in [0.2, 0.25) is 0 Å². The summed E-state index contributed by atoms with van der Waals surface area (Å²) >= 11 is 5.86. The Morgan fingerprint density at radius 3 is 2.24 bits per heavy atom. The monoisotopic (exact) mass is 297 g/mol. The van der Waals surface area contributed by atoms with Crippen molar-refractivity contribution in [3.05, 3.63) is 64.7 Å². The van der Waals surface area contributed by atoms with Crippen LogP contribution in [0.2, 0.25) is 5.02 Å². The molecular weight excluding hydrogens is 282 g/mol. The second-order valence-electron chi connectivity index (χ2n) is 4.91. The molecule has 2 aromatic rings. The molecule has 0 fully saturated rings. The van der Waals surface area contributed by atoms with Crippen LogP contribution in [0.3, 0.4) is 0 Å². The maximum atomic E-state index is 9.31. The largest absolute Gasteiger partial charge is 0.491 e. The van der Waals surface area contributed by atoms with E-state index in [-0.39, 0.29) is 6.10 Å². The van der Waals surface area contributed by atoms with Crippen molar-refractivity contribution in [3.63, 3.8) is 0 Å². The molecule has 21 heavy (non-hydrogen) atoms. The van der Waals surface area contributed by atoms with Crippen LogP contribution in [0.4, 0.5) is 0 Å². The van der Waals surface area contributed by atoms with Gasteiger partial charge < -0.3 is 4.74 Å². The Morgan fingerprint density at radius 1 is 1.10 bits per heavy atom. The highest BCUT2D eigenvalue weighted by Gasteiger charge is 2.02. The van der Waals surface area contributed by atoms with E-state index >= 15 is 0 Å². The Kier molecular flexibility index (Phi) is 5.03. The summed E-state index contributed by atoms with van der Waals surface area (Å²) in [5.41, 5.74) is 2.41. The van der Waals surface area contributed by atoms with Crippen LogP contribution < -0.4 is 4.74 Å². The molecule has 2 aromatic carbocycles. The molecule has 0 aromatic heterocycles. The minimum Gasteiger partial charge on any atom is -0.491 e. The molecule has 3 heteroatoms. The zero-order valence-electron chi connectivity index (χ0n) is 12.0. The average molecular weight is 298 g/mol. The number of nitrogens with zero attached hydrogens (tertiary/aromatic N) is 1. The summed E-state index contributed by atoms with van der Waals surface area (Å²) in [5, 5.41) is 9.97. The lowest BCUT2D eigenvalue weighted by atomic mass is 10.0. The van der Waals surface area contributed by atoms with Crippen LogP contribution in [0.15, 0.2) is 48.5 Å². The zero-order valence-corrected chi connectivity index (χ0v) is 12.8. The number of nitriles is 1. The van der Waals surface area contributed by atoms with Crippen molar-refractivity contribution in [3.8, 4) is 11.8 Å². The van der Waals surface area contributed by atoms with Crippen molar-refractivity contribution in [2.75, 3.05) is 0 Å². The molecule has 0 heterocycles. The average Bonchev–Trinajstić information content (AvgIpc) is 2.47. The van der Waals surface area contributed by atoms with Crippen molar-refractivity contribution in [2.24, 2.45) is 0 Å². The van der Waals surface area contributed by atoms with E-state index < -0.39 is 0 Å². The molecule has 0 amide bonds. The molecule has 0 aliphatic heterocycles. The van der Waals surface area contributed by atoms with Crippen LogP contribution in [0.25, 0.3) is 11.6 Å². The summed E-state index contributed by atoms with van der Waals surface area (Å²) in [6.07, 6.45) is 2.00. The van der Waals surface area contributed by atoms with Gasteiger partial charge in [0.1, 0.15) is 5.75 Å². The molecule has 0 bridgehead atoms. The number of ether oxygens (including phenoxy) is 1. The summed E-state index contributed by atoms with van der Waals surface area (Å²) in [4.78, 5) is 0. The molecular formula is C18H16ClNO. The topological polar surface area (TPSA) is 33.0 Å². The number of allylic oxidation sites excluding steroid dienone is 1. The minimum absolute atomic E-state index is 0.148. The highest BCUT2D eigenvalue weighted by Crippen LogP contribution is 2.21. The van der Waals surface area contributed by atoms with E-state index in [9.17, 15) is 5.26 Å². The lowest BCUT2D eigenvalue weighted by Crippen LogP contribution is -2.05. The van der Waals surface area contributed by atoms with E-state index in [4.69, 9.17) is 16.3 Å². The van der Waals surface area contributed by atoms with Crippen LogP contribution in [0, 0.1) is 11.3 Å². The Labute approximate surface area is 130 Å². The summed E-state index contributed by atoms with van der Waals surface area (Å²) in [5.74, 6) is 0.826. The third-order valence-electron chi connectivity index (χ3n) is 2.84. The van der Waals surface area contributed by atoms with Gasteiger partial charge in [0.25, 0.3) is 0 Å². The van der Waals surface area contributed by atoms with Crippen LogP contribution in [0.1, 0.15) is 25.0 Å². The van der Waals surface area contributed by atoms with Crippen molar-refractivity contribution in [1.29, 1.82) is 5.26 Å². The number of benzene rings is 2. The first-order chi connectivity index (χ1) is 10.1. The highest BCUT2D eigenvalue weighted by atomic mass is 35.5. The molecule has 0 saturated carbocycles. The highest BCUT2D eigenvalue weighted by molar-refractivity contribution is 6.30. The molecule has 0 aliphatic carbocycles. The van der Waals surface area contributed by atoms with E-state index in [1.54, 1.807) is 12.1 Å². The molecule has 0 aliphatic rings. The van der Waals surface area contributed by atoms with Gasteiger partial charge in [-0.3, -0.25) is 0 Å². The molecule has 2 rings (SSSR count). The fraction of sp³-hybridized carbons (Fsp3) is 0.167. The number of hydrogen-bond donors (Lipinski definition) is 0. The van der Waals surface area contributed by atoms with Gasteiger partial charge in [-0.05, 0) is 55.3 Å². The van der Waals surface area contributed by atoms with Crippen molar-refractivity contribution in [2.45, 2.75) is 20.0 Å². The van der Waals surface area contributed by atoms with Crippen molar-refractivity contribution in [1.82, 2.24) is 0 Å². The van der Waals surface area contributed by atoms with Gasteiger partial charge in [-0.25, -0.2) is 0 Å². The first-order valence-electron chi connectivity index (χ1n) is 6.73. The van der Waals surface area contributed by atoms with E-state index in [0.29, 0.717) is 10.6 Å². The van der Waals surface area contributed by atoms with Gasteiger partial charge in [0.05, 0.1) is 17.7 Å². The van der Waals surface area contributed by atoms with E-state index in [1.807, 2.05) is 56.3 Å². The summed E-state index contributed by atoms with van der Waals surface area (Å²) in [7, 11) is 0. The third-order valence-corrected chi connectivity index (χ3v) is 3.09. The minimum atomic E-state index is 0.148. The number of rotatable bonds is 4. The molecule has 0 saturated heterocycles. The molecule has 0 radical (unpaired) electrons. The van der Waals surface area contributed by atoms with Gasteiger partial charge in [0.15, 0.2) is 0 Å².